The van der Waals surface area contributed by atoms with E-state index >= 15 is 0 Å². The Morgan fingerprint density at radius 1 is 1.39 bits per heavy atom. The Bertz CT molecular complexity index is 643. The SMILES string of the molecule is CC/C=C/C(Cl)c1c(O)ccc2ccc(=O)oc12. The van der Waals surface area contributed by atoms with E-state index in [1.165, 1.54) is 6.07 Å². The minimum absolute atomic E-state index is 0.0256. The molecule has 2 rings (SSSR count). The number of allylic oxidation sites excluding steroid dienone is 2. The van der Waals surface area contributed by atoms with Crippen molar-refractivity contribution < 1.29 is 9.52 Å². The number of halogens is 1. The van der Waals surface area contributed by atoms with Crippen molar-refractivity contribution in [3.63, 3.8) is 0 Å². The Morgan fingerprint density at radius 2 is 2.11 bits per heavy atom. The molecular formula is C14H13ClO3. The summed E-state index contributed by atoms with van der Waals surface area (Å²) in [6.45, 7) is 1.99. The van der Waals surface area contributed by atoms with Crippen LogP contribution in [-0.4, -0.2) is 5.11 Å². The van der Waals surface area contributed by atoms with Gasteiger partial charge in [0.1, 0.15) is 11.3 Å². The third-order valence-electron chi connectivity index (χ3n) is 2.62. The van der Waals surface area contributed by atoms with Gasteiger partial charge in [0.2, 0.25) is 0 Å². The minimum atomic E-state index is -0.529. The molecule has 1 aromatic heterocycles. The molecule has 4 heteroatoms. The van der Waals surface area contributed by atoms with Crippen LogP contribution in [0.5, 0.6) is 5.75 Å². The van der Waals surface area contributed by atoms with E-state index in [1.54, 1.807) is 24.3 Å². The molecule has 0 radical (unpaired) electrons. The topological polar surface area (TPSA) is 50.4 Å². The molecule has 0 aliphatic carbocycles. The number of phenols is 1. The van der Waals surface area contributed by atoms with Crippen LogP contribution < -0.4 is 5.63 Å². The van der Waals surface area contributed by atoms with Crippen LogP contribution in [0.2, 0.25) is 0 Å². The molecule has 2 aromatic rings. The Balaban J connectivity index is 2.67. The zero-order chi connectivity index (χ0) is 13.1. The number of phenolic OH excluding ortho intramolecular Hbond substituents is 1. The lowest BCUT2D eigenvalue weighted by molar-refractivity contribution is 0.466. The lowest BCUT2D eigenvalue weighted by Crippen LogP contribution is -1.98. The van der Waals surface area contributed by atoms with E-state index in [2.05, 4.69) is 0 Å². The van der Waals surface area contributed by atoms with Gasteiger partial charge >= 0.3 is 5.63 Å². The molecule has 1 atom stereocenters. The zero-order valence-corrected chi connectivity index (χ0v) is 10.6. The highest BCUT2D eigenvalue weighted by molar-refractivity contribution is 6.23. The quantitative estimate of drug-likeness (QED) is 0.522. The van der Waals surface area contributed by atoms with Crippen molar-refractivity contribution in [3.8, 4) is 5.75 Å². The highest BCUT2D eigenvalue weighted by Crippen LogP contribution is 2.35. The number of benzene rings is 1. The predicted octanol–water partition coefficient (Wildman–Crippen LogP) is 3.74. The van der Waals surface area contributed by atoms with Crippen LogP contribution in [0.1, 0.15) is 24.3 Å². The summed E-state index contributed by atoms with van der Waals surface area (Å²) in [5.41, 5.74) is 0.303. The van der Waals surface area contributed by atoms with Gasteiger partial charge in [0.25, 0.3) is 0 Å². The second-order valence-electron chi connectivity index (χ2n) is 3.91. The van der Waals surface area contributed by atoms with E-state index in [0.717, 1.165) is 11.8 Å². The molecule has 0 saturated heterocycles. The number of rotatable bonds is 3. The van der Waals surface area contributed by atoms with Crippen LogP contribution in [0.3, 0.4) is 0 Å². The summed E-state index contributed by atoms with van der Waals surface area (Å²) in [6, 6.07) is 6.22. The molecule has 1 N–H and O–H groups in total. The lowest BCUT2D eigenvalue weighted by Gasteiger charge is -2.10. The summed E-state index contributed by atoms with van der Waals surface area (Å²) in [6.07, 6.45) is 4.51. The monoisotopic (exact) mass is 264 g/mol. The maximum absolute atomic E-state index is 11.3. The largest absolute Gasteiger partial charge is 0.507 e. The molecule has 0 aliphatic rings. The average molecular weight is 265 g/mol. The molecule has 0 amide bonds. The van der Waals surface area contributed by atoms with Gasteiger partial charge in [-0.2, -0.15) is 0 Å². The summed E-state index contributed by atoms with van der Waals surface area (Å²) in [5, 5.41) is 10.1. The van der Waals surface area contributed by atoms with Gasteiger partial charge in [-0.15, -0.1) is 11.6 Å². The van der Waals surface area contributed by atoms with E-state index in [1.807, 2.05) is 13.0 Å². The molecule has 0 saturated carbocycles. The van der Waals surface area contributed by atoms with E-state index in [0.29, 0.717) is 11.1 Å². The number of alkyl halides is 1. The fourth-order valence-electron chi connectivity index (χ4n) is 1.76. The van der Waals surface area contributed by atoms with Crippen molar-refractivity contribution >= 4 is 22.6 Å². The number of aromatic hydroxyl groups is 1. The molecule has 1 heterocycles. The van der Waals surface area contributed by atoms with Crippen LogP contribution in [0.25, 0.3) is 11.0 Å². The predicted molar refractivity (Wildman–Crippen MR) is 72.2 cm³/mol. The van der Waals surface area contributed by atoms with Gasteiger partial charge in [0, 0.05) is 11.5 Å². The molecule has 0 aliphatic heterocycles. The van der Waals surface area contributed by atoms with Gasteiger partial charge in [-0.05, 0) is 24.6 Å². The Kier molecular flexibility index (Phi) is 3.72. The van der Waals surface area contributed by atoms with E-state index < -0.39 is 11.0 Å². The van der Waals surface area contributed by atoms with Gasteiger partial charge in [0.05, 0.1) is 10.9 Å². The van der Waals surface area contributed by atoms with Crippen molar-refractivity contribution in [3.05, 3.63) is 52.4 Å². The Labute approximate surface area is 109 Å². The summed E-state index contributed by atoms with van der Waals surface area (Å²) >= 11 is 6.21. The smallest absolute Gasteiger partial charge is 0.336 e. The summed E-state index contributed by atoms with van der Waals surface area (Å²) in [7, 11) is 0. The minimum Gasteiger partial charge on any atom is -0.507 e. The third kappa shape index (κ3) is 2.41. The lowest BCUT2D eigenvalue weighted by atomic mass is 10.1. The summed E-state index contributed by atoms with van der Waals surface area (Å²) < 4.78 is 5.14. The van der Waals surface area contributed by atoms with Crippen LogP contribution in [0.4, 0.5) is 0 Å². The first-order chi connectivity index (χ1) is 8.63. The summed E-state index contributed by atoms with van der Waals surface area (Å²) in [4.78, 5) is 11.3. The van der Waals surface area contributed by atoms with E-state index in [9.17, 15) is 9.90 Å². The molecule has 18 heavy (non-hydrogen) atoms. The Hall–Kier alpha value is -1.74. The molecule has 0 fully saturated rings. The highest BCUT2D eigenvalue weighted by Gasteiger charge is 2.16. The van der Waals surface area contributed by atoms with Crippen molar-refractivity contribution in [2.45, 2.75) is 18.7 Å². The molecular weight excluding hydrogens is 252 g/mol. The van der Waals surface area contributed by atoms with Gasteiger partial charge in [-0.25, -0.2) is 4.79 Å². The highest BCUT2D eigenvalue weighted by atomic mass is 35.5. The molecule has 1 aromatic carbocycles. The second-order valence-corrected chi connectivity index (χ2v) is 4.38. The molecule has 3 nitrogen and oxygen atoms in total. The van der Waals surface area contributed by atoms with Gasteiger partial charge < -0.3 is 9.52 Å². The van der Waals surface area contributed by atoms with Crippen LogP contribution in [-0.2, 0) is 0 Å². The Morgan fingerprint density at radius 3 is 2.83 bits per heavy atom. The van der Waals surface area contributed by atoms with Crippen molar-refractivity contribution in [1.82, 2.24) is 0 Å². The maximum Gasteiger partial charge on any atom is 0.336 e. The van der Waals surface area contributed by atoms with Crippen molar-refractivity contribution in [2.75, 3.05) is 0 Å². The number of fused-ring (bicyclic) bond motifs is 1. The average Bonchev–Trinajstić information content (AvgIpc) is 2.35. The van der Waals surface area contributed by atoms with Crippen LogP contribution >= 0.6 is 11.6 Å². The summed E-state index contributed by atoms with van der Waals surface area (Å²) in [5.74, 6) is 0.0256. The van der Waals surface area contributed by atoms with Gasteiger partial charge in [-0.1, -0.05) is 19.1 Å². The third-order valence-corrected chi connectivity index (χ3v) is 2.99. The van der Waals surface area contributed by atoms with Crippen molar-refractivity contribution in [1.29, 1.82) is 0 Å². The number of hydrogen-bond acceptors (Lipinski definition) is 3. The first kappa shape index (κ1) is 12.7. The van der Waals surface area contributed by atoms with Crippen LogP contribution in [0.15, 0.2) is 45.6 Å². The maximum atomic E-state index is 11.3. The van der Waals surface area contributed by atoms with E-state index in [-0.39, 0.29) is 5.75 Å². The molecule has 94 valence electrons. The molecule has 1 unspecified atom stereocenters. The molecule has 0 bridgehead atoms. The van der Waals surface area contributed by atoms with E-state index in [4.69, 9.17) is 16.0 Å². The van der Waals surface area contributed by atoms with Crippen molar-refractivity contribution in [2.24, 2.45) is 0 Å². The van der Waals surface area contributed by atoms with Crippen LogP contribution in [0, 0.1) is 0 Å². The fraction of sp³-hybridized carbons (Fsp3) is 0.214. The fourth-order valence-corrected chi connectivity index (χ4v) is 2.08. The first-order valence-corrected chi connectivity index (χ1v) is 6.13. The first-order valence-electron chi connectivity index (χ1n) is 5.70. The van der Waals surface area contributed by atoms with Gasteiger partial charge in [-0.3, -0.25) is 0 Å². The second kappa shape index (κ2) is 5.27. The standard InChI is InChI=1S/C14H13ClO3/c1-2-3-4-10(15)13-11(16)7-5-9-6-8-12(17)18-14(9)13/h3-8,10,16H,2H2,1H3/b4-3+. The molecule has 0 spiro atoms. The normalized spacial score (nSPS) is 13.2. The van der Waals surface area contributed by atoms with Gasteiger partial charge in [0.15, 0.2) is 0 Å². The number of hydrogen-bond donors (Lipinski definition) is 1. The zero-order valence-electron chi connectivity index (χ0n) is 9.89.